The van der Waals surface area contributed by atoms with Gasteiger partial charge in [0.2, 0.25) is 12.6 Å². The third-order valence-electron chi connectivity index (χ3n) is 7.30. The van der Waals surface area contributed by atoms with Gasteiger partial charge in [0.25, 0.3) is 0 Å². The van der Waals surface area contributed by atoms with Crippen LogP contribution in [0.4, 0.5) is 0 Å². The average Bonchev–Trinajstić information content (AvgIpc) is 3.12. The van der Waals surface area contributed by atoms with Crippen LogP contribution in [0.3, 0.4) is 0 Å². The normalized spacial score (nSPS) is 34.5. The second kappa shape index (κ2) is 14.9. The van der Waals surface area contributed by atoms with Gasteiger partial charge < -0.3 is 47.4 Å². The Morgan fingerprint density at radius 1 is 0.630 bits per heavy atom. The molecule has 3 aliphatic rings. The maximum atomic E-state index is 12.4. The minimum Gasteiger partial charge on any atom is -0.472 e. The molecular formula is C29H38O17. The molecule has 3 rings (SSSR count). The van der Waals surface area contributed by atoms with E-state index in [1.807, 2.05) is 0 Å². The average molecular weight is 659 g/mol. The van der Waals surface area contributed by atoms with Gasteiger partial charge >= 0.3 is 41.8 Å². The van der Waals surface area contributed by atoms with Crippen molar-refractivity contribution in [1.29, 1.82) is 0 Å². The fraction of sp³-hybridized carbons (Fsp3) is 0.690. The Morgan fingerprint density at radius 3 is 1.67 bits per heavy atom. The lowest BCUT2D eigenvalue weighted by Gasteiger charge is -2.46. The zero-order chi connectivity index (χ0) is 34.5. The number of rotatable bonds is 10. The van der Waals surface area contributed by atoms with E-state index in [-0.39, 0.29) is 0 Å². The van der Waals surface area contributed by atoms with Crippen molar-refractivity contribution in [2.45, 2.75) is 110 Å². The minimum absolute atomic E-state index is 0.511. The zero-order valence-corrected chi connectivity index (χ0v) is 26.6. The Hall–Kier alpha value is -4.25. The number of fused-ring (bicyclic) bond motifs is 1. The van der Waals surface area contributed by atoms with E-state index in [4.69, 9.17) is 47.4 Å². The summed E-state index contributed by atoms with van der Waals surface area (Å²) in [6.07, 6.45) is -8.79. The number of hydrogen-bond acceptors (Lipinski definition) is 17. The molecule has 1 saturated carbocycles. The summed E-state index contributed by atoms with van der Waals surface area (Å²) in [5, 5.41) is 0. The molecule has 17 heteroatoms. The molecule has 11 unspecified atom stereocenters. The maximum Gasteiger partial charge on any atom is 0.303 e. The van der Waals surface area contributed by atoms with Crippen molar-refractivity contribution in [3.05, 3.63) is 12.3 Å². The highest BCUT2D eigenvalue weighted by Gasteiger charge is 2.68. The molecule has 1 saturated heterocycles. The topological polar surface area (TPSA) is 212 Å². The van der Waals surface area contributed by atoms with Gasteiger partial charge in [0, 0.05) is 54.4 Å². The van der Waals surface area contributed by atoms with Crippen LogP contribution in [0.2, 0.25) is 0 Å². The fourth-order valence-electron chi connectivity index (χ4n) is 5.96. The van der Waals surface area contributed by atoms with Gasteiger partial charge in [-0.25, -0.2) is 0 Å². The molecule has 2 aliphatic heterocycles. The van der Waals surface area contributed by atoms with E-state index >= 15 is 0 Å². The van der Waals surface area contributed by atoms with Crippen LogP contribution >= 0.6 is 0 Å². The first kappa shape index (κ1) is 36.2. The Morgan fingerprint density at radius 2 is 1.15 bits per heavy atom. The first-order valence-electron chi connectivity index (χ1n) is 14.3. The molecule has 0 amide bonds. The highest BCUT2D eigenvalue weighted by molar-refractivity contribution is 5.70. The van der Waals surface area contributed by atoms with Crippen LogP contribution in [0.15, 0.2) is 12.3 Å². The van der Waals surface area contributed by atoms with Gasteiger partial charge in [-0.15, -0.1) is 0 Å². The molecule has 0 aromatic heterocycles. The van der Waals surface area contributed by atoms with Crippen LogP contribution in [-0.4, -0.2) is 103 Å². The summed E-state index contributed by atoms with van der Waals surface area (Å²) in [5.74, 6) is -7.41. The molecule has 2 heterocycles. The second-order valence-electron chi connectivity index (χ2n) is 11.0. The summed E-state index contributed by atoms with van der Waals surface area (Å²) in [5.41, 5.74) is -1.74. The van der Waals surface area contributed by atoms with Gasteiger partial charge in [-0.1, -0.05) is 0 Å². The summed E-state index contributed by atoms with van der Waals surface area (Å²) < 4.78 is 56.2. The first-order chi connectivity index (χ1) is 21.4. The third-order valence-corrected chi connectivity index (χ3v) is 7.30. The summed E-state index contributed by atoms with van der Waals surface area (Å²) in [6.45, 7) is 8.65. The highest BCUT2D eigenvalue weighted by Crippen LogP contribution is 2.51. The highest BCUT2D eigenvalue weighted by atomic mass is 16.8. The van der Waals surface area contributed by atoms with Crippen molar-refractivity contribution in [2.75, 3.05) is 6.61 Å². The molecule has 2 fully saturated rings. The zero-order valence-electron chi connectivity index (χ0n) is 26.6. The van der Waals surface area contributed by atoms with Crippen molar-refractivity contribution in [3.63, 3.8) is 0 Å². The van der Waals surface area contributed by atoms with Gasteiger partial charge in [0.05, 0.1) is 12.2 Å². The summed E-state index contributed by atoms with van der Waals surface area (Å²) in [7, 11) is 0. The lowest BCUT2D eigenvalue weighted by molar-refractivity contribution is -0.349. The third kappa shape index (κ3) is 8.51. The molecule has 0 N–H and O–H groups in total. The van der Waals surface area contributed by atoms with Crippen LogP contribution in [-0.2, 0) is 80.9 Å². The Kier molecular flexibility index (Phi) is 11.7. The molecule has 46 heavy (non-hydrogen) atoms. The second-order valence-corrected chi connectivity index (χ2v) is 11.0. The maximum absolute atomic E-state index is 12.4. The summed E-state index contributed by atoms with van der Waals surface area (Å²) in [6, 6.07) is 0. The van der Waals surface area contributed by atoms with Crippen molar-refractivity contribution < 1.29 is 80.9 Å². The van der Waals surface area contributed by atoms with Crippen LogP contribution in [0.25, 0.3) is 0 Å². The van der Waals surface area contributed by atoms with E-state index in [9.17, 15) is 33.6 Å². The number of hydrogen-bond donors (Lipinski definition) is 0. The van der Waals surface area contributed by atoms with E-state index in [2.05, 4.69) is 0 Å². The van der Waals surface area contributed by atoms with Crippen molar-refractivity contribution in [1.82, 2.24) is 0 Å². The quantitative estimate of drug-likeness (QED) is 0.229. The molecule has 0 spiro atoms. The predicted molar refractivity (Wildman–Crippen MR) is 145 cm³/mol. The SMILES string of the molecule is CC(=O)OCC1OC(OC2OC=CC3C(OC(C)=O)C(OC(C)=O)C(C)(OC(C)=O)C23)C(OC(C)=O)C(OC(C)=O)C1OC(C)=O. The lowest BCUT2D eigenvalue weighted by Crippen LogP contribution is -2.64. The van der Waals surface area contributed by atoms with E-state index < -0.39 is 115 Å². The van der Waals surface area contributed by atoms with E-state index in [1.165, 1.54) is 19.3 Å². The largest absolute Gasteiger partial charge is 0.472 e. The first-order valence-corrected chi connectivity index (χ1v) is 14.3. The molecule has 0 bridgehead atoms. The summed E-state index contributed by atoms with van der Waals surface area (Å²) >= 11 is 0. The molecule has 0 aromatic carbocycles. The predicted octanol–water partition coefficient (Wildman–Crippen LogP) is 0.387. The van der Waals surface area contributed by atoms with Crippen LogP contribution < -0.4 is 0 Å². The lowest BCUT2D eigenvalue weighted by atomic mass is 9.84. The number of carbonyl (C=O) groups excluding carboxylic acids is 7. The molecule has 17 nitrogen and oxygen atoms in total. The van der Waals surface area contributed by atoms with Crippen LogP contribution in [0.5, 0.6) is 0 Å². The Labute approximate surface area is 264 Å². The van der Waals surface area contributed by atoms with Crippen molar-refractivity contribution in [3.8, 4) is 0 Å². The molecule has 11 atom stereocenters. The Balaban J connectivity index is 2.11. The summed E-state index contributed by atoms with van der Waals surface area (Å²) in [4.78, 5) is 84.8. The standard InChI is InChI=1S/C29H38O17/c1-12(30)38-11-20-23(40-14(3)32)24(41-15(4)33)25(42-16(5)34)28(44-20)45-27-21-19(9-10-37-27)22(39-13(2)31)26(43-17(6)35)29(21,8)46-18(7)36/h9-10,19-28H,11H2,1-8H3. The molecule has 256 valence electrons. The van der Waals surface area contributed by atoms with Gasteiger partial charge in [-0.3, -0.25) is 33.6 Å². The van der Waals surface area contributed by atoms with Gasteiger partial charge in [-0.2, -0.15) is 0 Å². The van der Waals surface area contributed by atoms with E-state index in [0.717, 1.165) is 48.5 Å². The van der Waals surface area contributed by atoms with Crippen LogP contribution in [0.1, 0.15) is 55.4 Å². The Bertz CT molecular complexity index is 1240. The molecule has 0 radical (unpaired) electrons. The smallest absolute Gasteiger partial charge is 0.303 e. The van der Waals surface area contributed by atoms with Crippen molar-refractivity contribution >= 4 is 41.8 Å². The minimum atomic E-state index is -1.74. The van der Waals surface area contributed by atoms with Crippen molar-refractivity contribution in [2.24, 2.45) is 11.8 Å². The fourth-order valence-corrected chi connectivity index (χ4v) is 5.96. The van der Waals surface area contributed by atoms with Crippen LogP contribution in [0, 0.1) is 11.8 Å². The van der Waals surface area contributed by atoms with Gasteiger partial charge in [-0.05, 0) is 13.0 Å². The monoisotopic (exact) mass is 658 g/mol. The number of carbonyl (C=O) groups is 7. The van der Waals surface area contributed by atoms with E-state index in [1.54, 1.807) is 0 Å². The van der Waals surface area contributed by atoms with E-state index in [0.29, 0.717) is 0 Å². The molecule has 1 aliphatic carbocycles. The molecule has 0 aromatic rings. The van der Waals surface area contributed by atoms with Gasteiger partial charge in [0.15, 0.2) is 30.0 Å². The van der Waals surface area contributed by atoms with Gasteiger partial charge in [0.1, 0.15) is 18.8 Å². The number of esters is 7. The molecular weight excluding hydrogens is 620 g/mol. The number of ether oxygens (including phenoxy) is 10.